The lowest BCUT2D eigenvalue weighted by Crippen LogP contribution is -2.14. The third-order valence-electron chi connectivity index (χ3n) is 1.99. The van der Waals surface area contributed by atoms with Crippen LogP contribution < -0.4 is 10.1 Å². The summed E-state index contributed by atoms with van der Waals surface area (Å²) in [4.78, 5) is 4.20. The lowest BCUT2D eigenvalue weighted by molar-refractivity contribution is 0.0540. The number of ether oxygens (including phenoxy) is 2. The molecule has 0 aliphatic carbocycles. The molecule has 0 unspecified atom stereocenters. The Morgan fingerprint density at radius 3 is 2.88 bits per heavy atom. The van der Waals surface area contributed by atoms with Crippen LogP contribution in [0.1, 0.15) is 19.4 Å². The monoisotopic (exact) mass is 224 g/mol. The SMILES string of the molecule is CNCc1cccnc1OCCOC(C)C. The van der Waals surface area contributed by atoms with Gasteiger partial charge in [0.2, 0.25) is 5.88 Å². The maximum Gasteiger partial charge on any atom is 0.217 e. The molecule has 1 heterocycles. The summed E-state index contributed by atoms with van der Waals surface area (Å²) in [6.45, 7) is 5.90. The van der Waals surface area contributed by atoms with Crippen LogP contribution in [-0.2, 0) is 11.3 Å². The minimum Gasteiger partial charge on any atom is -0.475 e. The van der Waals surface area contributed by atoms with Gasteiger partial charge in [0, 0.05) is 18.3 Å². The maximum absolute atomic E-state index is 5.56. The van der Waals surface area contributed by atoms with Gasteiger partial charge in [-0.05, 0) is 27.0 Å². The molecule has 90 valence electrons. The Balaban J connectivity index is 2.40. The Hall–Kier alpha value is -1.13. The van der Waals surface area contributed by atoms with Crippen molar-refractivity contribution in [3.8, 4) is 5.88 Å². The molecule has 0 aromatic carbocycles. The van der Waals surface area contributed by atoms with E-state index in [4.69, 9.17) is 9.47 Å². The highest BCUT2D eigenvalue weighted by Crippen LogP contribution is 2.13. The van der Waals surface area contributed by atoms with Crippen LogP contribution in [0.5, 0.6) is 5.88 Å². The molecule has 16 heavy (non-hydrogen) atoms. The van der Waals surface area contributed by atoms with Gasteiger partial charge in [-0.15, -0.1) is 0 Å². The van der Waals surface area contributed by atoms with Crippen molar-refractivity contribution in [3.05, 3.63) is 23.9 Å². The van der Waals surface area contributed by atoms with Gasteiger partial charge in [0.15, 0.2) is 0 Å². The summed E-state index contributed by atoms with van der Waals surface area (Å²) in [5.74, 6) is 0.684. The zero-order valence-corrected chi connectivity index (χ0v) is 10.2. The topological polar surface area (TPSA) is 43.4 Å². The predicted octanol–water partition coefficient (Wildman–Crippen LogP) is 1.60. The van der Waals surface area contributed by atoms with Crippen molar-refractivity contribution in [2.75, 3.05) is 20.3 Å². The third kappa shape index (κ3) is 4.59. The first kappa shape index (κ1) is 12.9. The van der Waals surface area contributed by atoms with Crippen LogP contribution in [0.3, 0.4) is 0 Å². The second-order valence-electron chi connectivity index (χ2n) is 3.77. The van der Waals surface area contributed by atoms with Gasteiger partial charge in [-0.2, -0.15) is 0 Å². The van der Waals surface area contributed by atoms with E-state index in [0.29, 0.717) is 19.1 Å². The number of pyridine rings is 1. The molecule has 1 N–H and O–H groups in total. The van der Waals surface area contributed by atoms with E-state index in [1.54, 1.807) is 6.20 Å². The van der Waals surface area contributed by atoms with E-state index in [0.717, 1.165) is 12.1 Å². The molecular formula is C12H20N2O2. The highest BCUT2D eigenvalue weighted by atomic mass is 16.5. The number of hydrogen-bond donors (Lipinski definition) is 1. The largest absolute Gasteiger partial charge is 0.475 e. The van der Waals surface area contributed by atoms with Crippen LogP contribution >= 0.6 is 0 Å². The minimum absolute atomic E-state index is 0.240. The molecule has 0 radical (unpaired) electrons. The lowest BCUT2D eigenvalue weighted by atomic mass is 10.3. The Bertz CT molecular complexity index is 303. The molecule has 0 atom stereocenters. The average Bonchev–Trinajstić information content (AvgIpc) is 2.26. The summed E-state index contributed by atoms with van der Waals surface area (Å²) in [6, 6.07) is 3.91. The smallest absolute Gasteiger partial charge is 0.217 e. The third-order valence-corrected chi connectivity index (χ3v) is 1.99. The van der Waals surface area contributed by atoms with Crippen molar-refractivity contribution in [2.45, 2.75) is 26.5 Å². The van der Waals surface area contributed by atoms with E-state index in [-0.39, 0.29) is 6.10 Å². The van der Waals surface area contributed by atoms with Gasteiger partial charge in [-0.25, -0.2) is 4.98 Å². The second-order valence-corrected chi connectivity index (χ2v) is 3.77. The van der Waals surface area contributed by atoms with Gasteiger partial charge in [0.1, 0.15) is 6.61 Å². The molecule has 1 rings (SSSR count). The Morgan fingerprint density at radius 2 is 2.19 bits per heavy atom. The first-order chi connectivity index (χ1) is 7.74. The Labute approximate surface area is 97.0 Å². The van der Waals surface area contributed by atoms with Crippen LogP contribution in [0, 0.1) is 0 Å². The van der Waals surface area contributed by atoms with E-state index < -0.39 is 0 Å². The molecule has 0 saturated carbocycles. The fraction of sp³-hybridized carbons (Fsp3) is 0.583. The molecule has 0 bridgehead atoms. The summed E-state index contributed by atoms with van der Waals surface area (Å²) in [7, 11) is 1.90. The highest BCUT2D eigenvalue weighted by Gasteiger charge is 2.03. The van der Waals surface area contributed by atoms with Crippen molar-refractivity contribution < 1.29 is 9.47 Å². The van der Waals surface area contributed by atoms with E-state index in [9.17, 15) is 0 Å². The van der Waals surface area contributed by atoms with Crippen LogP contribution in [0.15, 0.2) is 18.3 Å². The summed E-state index contributed by atoms with van der Waals surface area (Å²) in [5, 5.41) is 3.08. The molecule has 0 spiro atoms. The summed E-state index contributed by atoms with van der Waals surface area (Å²) >= 11 is 0. The highest BCUT2D eigenvalue weighted by molar-refractivity contribution is 5.25. The van der Waals surface area contributed by atoms with Crippen molar-refractivity contribution in [2.24, 2.45) is 0 Å². The number of rotatable bonds is 7. The first-order valence-corrected chi connectivity index (χ1v) is 5.57. The van der Waals surface area contributed by atoms with Gasteiger partial charge >= 0.3 is 0 Å². The van der Waals surface area contributed by atoms with E-state index in [2.05, 4.69) is 10.3 Å². The summed E-state index contributed by atoms with van der Waals surface area (Å²) in [5.41, 5.74) is 1.06. The zero-order valence-electron chi connectivity index (χ0n) is 10.2. The van der Waals surface area contributed by atoms with Crippen molar-refractivity contribution in [1.82, 2.24) is 10.3 Å². The van der Waals surface area contributed by atoms with Crippen molar-refractivity contribution in [3.63, 3.8) is 0 Å². The van der Waals surface area contributed by atoms with Crippen LogP contribution in [-0.4, -0.2) is 31.3 Å². The van der Waals surface area contributed by atoms with E-state index in [1.807, 2.05) is 33.0 Å². The summed E-state index contributed by atoms with van der Waals surface area (Å²) < 4.78 is 11.0. The fourth-order valence-corrected chi connectivity index (χ4v) is 1.30. The molecule has 1 aromatic heterocycles. The molecule has 0 fully saturated rings. The second kappa shape index (κ2) is 7.19. The molecule has 1 aromatic rings. The molecule has 0 aliphatic heterocycles. The normalized spacial score (nSPS) is 10.8. The molecule has 0 saturated heterocycles. The number of aromatic nitrogens is 1. The fourth-order valence-electron chi connectivity index (χ4n) is 1.30. The maximum atomic E-state index is 5.56. The molecule has 0 amide bonds. The minimum atomic E-state index is 0.240. The lowest BCUT2D eigenvalue weighted by Gasteiger charge is -2.11. The van der Waals surface area contributed by atoms with Crippen molar-refractivity contribution in [1.29, 1.82) is 0 Å². The van der Waals surface area contributed by atoms with Crippen molar-refractivity contribution >= 4 is 0 Å². The number of hydrogen-bond acceptors (Lipinski definition) is 4. The van der Waals surface area contributed by atoms with Gasteiger partial charge in [-0.1, -0.05) is 6.07 Å². The zero-order chi connectivity index (χ0) is 11.8. The van der Waals surface area contributed by atoms with E-state index in [1.165, 1.54) is 0 Å². The number of nitrogens with zero attached hydrogens (tertiary/aromatic N) is 1. The number of nitrogens with one attached hydrogen (secondary N) is 1. The predicted molar refractivity (Wildman–Crippen MR) is 63.6 cm³/mol. The average molecular weight is 224 g/mol. The molecular weight excluding hydrogens is 204 g/mol. The van der Waals surface area contributed by atoms with Crippen LogP contribution in [0.25, 0.3) is 0 Å². The molecule has 4 heteroatoms. The standard InChI is InChI=1S/C12H20N2O2/c1-10(2)15-7-8-16-12-11(9-13-3)5-4-6-14-12/h4-6,10,13H,7-9H2,1-3H3. The first-order valence-electron chi connectivity index (χ1n) is 5.57. The Morgan fingerprint density at radius 1 is 1.38 bits per heavy atom. The molecule has 0 aliphatic rings. The van der Waals surface area contributed by atoms with Gasteiger partial charge in [0.05, 0.1) is 12.7 Å². The summed E-state index contributed by atoms with van der Waals surface area (Å²) in [6.07, 6.45) is 1.97. The van der Waals surface area contributed by atoms with Crippen LogP contribution in [0.2, 0.25) is 0 Å². The van der Waals surface area contributed by atoms with Gasteiger partial charge < -0.3 is 14.8 Å². The van der Waals surface area contributed by atoms with Gasteiger partial charge in [-0.3, -0.25) is 0 Å². The van der Waals surface area contributed by atoms with E-state index >= 15 is 0 Å². The quantitative estimate of drug-likeness (QED) is 0.714. The molecule has 4 nitrogen and oxygen atoms in total. The Kier molecular flexibility index (Phi) is 5.82. The van der Waals surface area contributed by atoms with Crippen LogP contribution in [0.4, 0.5) is 0 Å². The van der Waals surface area contributed by atoms with Gasteiger partial charge in [0.25, 0.3) is 0 Å².